The van der Waals surface area contributed by atoms with Crippen molar-refractivity contribution in [3.05, 3.63) is 5.82 Å². The molecular weight excluding hydrogens is 224 g/mol. The number of nitrogens with zero attached hydrogens (tertiary/aromatic N) is 4. The van der Waals surface area contributed by atoms with Crippen LogP contribution >= 0.6 is 22.9 Å². The monoisotopic (exact) mass is 225 g/mol. The van der Waals surface area contributed by atoms with Crippen LogP contribution in [0.2, 0.25) is 0 Å². The minimum atomic E-state index is -3.58. The van der Waals surface area contributed by atoms with Crippen LogP contribution in [0.25, 0.3) is 4.96 Å². The average molecular weight is 226 g/mol. The fourth-order valence-electron chi connectivity index (χ4n) is 0.809. The molecule has 2 N–H and O–H groups in total. The lowest BCUT2D eigenvalue weighted by atomic mass is 10.6. The fraction of sp³-hybridized carbons (Fsp3) is 0.250. The number of fused-ring (bicyclic) bond motifs is 1. The largest absolute Gasteiger partial charge is 0.383 e. The summed E-state index contributed by atoms with van der Waals surface area (Å²) < 4.78 is 26.0. The maximum Gasteiger partial charge on any atom is 0.383 e. The van der Waals surface area contributed by atoms with Gasteiger partial charge in [-0.1, -0.05) is 11.3 Å². The van der Waals surface area contributed by atoms with Gasteiger partial charge in [0.2, 0.25) is 15.9 Å². The Morgan fingerprint density at radius 2 is 2.15 bits per heavy atom. The van der Waals surface area contributed by atoms with Crippen LogP contribution in [0.3, 0.4) is 0 Å². The zero-order chi connectivity index (χ0) is 9.64. The van der Waals surface area contributed by atoms with Gasteiger partial charge in [0.25, 0.3) is 0 Å². The zero-order valence-electron chi connectivity index (χ0n) is 5.91. The highest BCUT2D eigenvalue weighted by atomic mass is 35.5. The maximum atomic E-state index is 12.6. The molecule has 5 nitrogen and oxygen atoms in total. The molecular formula is C4H2ClF2N5S. The number of nitrogen functional groups attached to an aromatic ring is 1. The SMILES string of the molecule is Nc1nn2c(C(F)(F)Cl)nnc2s1. The molecule has 0 unspecified atom stereocenters. The molecule has 0 atom stereocenters. The predicted octanol–water partition coefficient (Wildman–Crippen LogP) is 1.06. The van der Waals surface area contributed by atoms with Crippen molar-refractivity contribution in [1.29, 1.82) is 0 Å². The molecule has 2 rings (SSSR count). The molecule has 0 aliphatic rings. The van der Waals surface area contributed by atoms with Crippen LogP contribution in [0.1, 0.15) is 5.82 Å². The van der Waals surface area contributed by atoms with Crippen LogP contribution in [-0.2, 0) is 5.38 Å². The van der Waals surface area contributed by atoms with Crippen molar-refractivity contribution in [2.75, 3.05) is 5.73 Å². The van der Waals surface area contributed by atoms with E-state index < -0.39 is 11.2 Å². The maximum absolute atomic E-state index is 12.6. The van der Waals surface area contributed by atoms with Crippen molar-refractivity contribution in [1.82, 2.24) is 19.8 Å². The second-order valence-corrected chi connectivity index (χ2v) is 3.62. The molecule has 0 spiro atoms. The topological polar surface area (TPSA) is 69.1 Å². The Balaban J connectivity index is 2.70. The van der Waals surface area contributed by atoms with Gasteiger partial charge in [-0.2, -0.15) is 13.3 Å². The molecule has 9 heteroatoms. The van der Waals surface area contributed by atoms with Gasteiger partial charge in [0.1, 0.15) is 0 Å². The lowest BCUT2D eigenvalue weighted by Crippen LogP contribution is -2.10. The second kappa shape index (κ2) is 2.48. The van der Waals surface area contributed by atoms with Crippen molar-refractivity contribution < 1.29 is 8.78 Å². The van der Waals surface area contributed by atoms with E-state index in [1.54, 1.807) is 0 Å². The first-order valence-corrected chi connectivity index (χ1v) is 4.23. The molecule has 13 heavy (non-hydrogen) atoms. The summed E-state index contributed by atoms with van der Waals surface area (Å²) in [6.45, 7) is 0. The fourth-order valence-corrected chi connectivity index (χ4v) is 1.53. The molecule has 70 valence electrons. The molecule has 0 bridgehead atoms. The van der Waals surface area contributed by atoms with Crippen molar-refractivity contribution in [2.45, 2.75) is 5.38 Å². The van der Waals surface area contributed by atoms with Crippen LogP contribution in [0, 0.1) is 0 Å². The smallest absolute Gasteiger partial charge is 0.374 e. The number of rotatable bonds is 1. The summed E-state index contributed by atoms with van der Waals surface area (Å²) in [5, 5.41) is 6.73. The highest BCUT2D eigenvalue weighted by Crippen LogP contribution is 2.31. The Bertz CT molecular complexity index is 445. The van der Waals surface area contributed by atoms with E-state index in [1.807, 2.05) is 0 Å². The predicted molar refractivity (Wildman–Crippen MR) is 42.8 cm³/mol. The molecule has 0 radical (unpaired) electrons. The van der Waals surface area contributed by atoms with Crippen LogP contribution < -0.4 is 5.73 Å². The van der Waals surface area contributed by atoms with Crippen molar-refractivity contribution in [3.8, 4) is 0 Å². The molecule has 0 amide bonds. The lowest BCUT2D eigenvalue weighted by molar-refractivity contribution is 0.0821. The average Bonchev–Trinajstić information content (AvgIpc) is 2.41. The number of halogens is 3. The molecule has 0 aliphatic carbocycles. The number of nitrogens with two attached hydrogens (primary N) is 1. The highest BCUT2D eigenvalue weighted by molar-refractivity contribution is 7.20. The van der Waals surface area contributed by atoms with Crippen LogP contribution in [0.15, 0.2) is 0 Å². The third-order valence-corrected chi connectivity index (χ3v) is 2.16. The lowest BCUT2D eigenvalue weighted by Gasteiger charge is -2.01. The van der Waals surface area contributed by atoms with Gasteiger partial charge in [-0.3, -0.25) is 0 Å². The van der Waals surface area contributed by atoms with Crippen molar-refractivity contribution in [3.63, 3.8) is 0 Å². The van der Waals surface area contributed by atoms with Gasteiger partial charge in [-0.25, -0.2) is 0 Å². The van der Waals surface area contributed by atoms with Crippen LogP contribution in [-0.4, -0.2) is 19.8 Å². The number of alkyl halides is 3. The number of anilines is 1. The zero-order valence-corrected chi connectivity index (χ0v) is 7.48. The molecule has 0 aromatic carbocycles. The normalized spacial score (nSPS) is 12.5. The molecule has 2 aromatic rings. The standard InChI is InChI=1S/C4H2ClF2N5S/c5-4(6,7)1-9-10-3-12(1)11-2(8)13-3/h(H2,8,11). The Hall–Kier alpha value is -1.02. The van der Waals surface area contributed by atoms with Gasteiger partial charge >= 0.3 is 5.38 Å². The minimum absolute atomic E-state index is 0.132. The van der Waals surface area contributed by atoms with E-state index in [0.29, 0.717) is 0 Å². The molecule has 0 fully saturated rings. The molecule has 0 aliphatic heterocycles. The van der Waals surface area contributed by atoms with Gasteiger partial charge in [-0.15, -0.1) is 15.3 Å². The first-order chi connectivity index (χ1) is 5.98. The summed E-state index contributed by atoms with van der Waals surface area (Å²) in [6, 6.07) is 0. The van der Waals surface area contributed by atoms with E-state index in [1.165, 1.54) is 0 Å². The van der Waals surface area contributed by atoms with Gasteiger partial charge in [0.15, 0.2) is 0 Å². The van der Waals surface area contributed by atoms with E-state index in [4.69, 9.17) is 17.3 Å². The van der Waals surface area contributed by atoms with E-state index in [2.05, 4.69) is 15.3 Å². The first kappa shape index (κ1) is 8.57. The summed E-state index contributed by atoms with van der Waals surface area (Å²) in [5.41, 5.74) is 5.28. The van der Waals surface area contributed by atoms with Crippen molar-refractivity contribution in [2.24, 2.45) is 0 Å². The Morgan fingerprint density at radius 1 is 1.46 bits per heavy atom. The molecule has 2 heterocycles. The van der Waals surface area contributed by atoms with Gasteiger partial charge in [-0.05, 0) is 11.6 Å². The Labute approximate surface area is 79.1 Å². The summed E-state index contributed by atoms with van der Waals surface area (Å²) in [5.74, 6) is -0.725. The van der Waals surface area contributed by atoms with Crippen LogP contribution in [0.5, 0.6) is 0 Å². The Kier molecular flexibility index (Phi) is 1.64. The number of aromatic nitrogens is 4. The minimum Gasteiger partial charge on any atom is -0.374 e. The van der Waals surface area contributed by atoms with E-state index in [-0.39, 0.29) is 10.1 Å². The van der Waals surface area contributed by atoms with Gasteiger partial charge in [0.05, 0.1) is 0 Å². The summed E-state index contributed by atoms with van der Waals surface area (Å²) in [6.07, 6.45) is 0. The third kappa shape index (κ3) is 1.31. The van der Waals surface area contributed by atoms with E-state index in [9.17, 15) is 8.78 Å². The van der Waals surface area contributed by atoms with Crippen molar-refractivity contribution >= 4 is 33.0 Å². The summed E-state index contributed by atoms with van der Waals surface area (Å²) in [4.78, 5) is 0.188. The highest BCUT2D eigenvalue weighted by Gasteiger charge is 2.35. The van der Waals surface area contributed by atoms with E-state index in [0.717, 1.165) is 15.9 Å². The summed E-state index contributed by atoms with van der Waals surface area (Å²) >= 11 is 5.71. The summed E-state index contributed by atoms with van der Waals surface area (Å²) in [7, 11) is 0. The molecule has 2 aromatic heterocycles. The molecule has 0 saturated heterocycles. The van der Waals surface area contributed by atoms with Crippen LogP contribution in [0.4, 0.5) is 13.9 Å². The quantitative estimate of drug-likeness (QED) is 0.737. The third-order valence-electron chi connectivity index (χ3n) is 1.26. The number of hydrogen-bond acceptors (Lipinski definition) is 5. The Morgan fingerprint density at radius 3 is 2.77 bits per heavy atom. The molecule has 0 saturated carbocycles. The van der Waals surface area contributed by atoms with Gasteiger partial charge in [0, 0.05) is 0 Å². The first-order valence-electron chi connectivity index (χ1n) is 3.03. The second-order valence-electron chi connectivity index (χ2n) is 2.16. The van der Waals surface area contributed by atoms with Gasteiger partial charge < -0.3 is 5.73 Å². The number of hydrogen-bond donors (Lipinski definition) is 1. The van der Waals surface area contributed by atoms with E-state index >= 15 is 0 Å².